The van der Waals surface area contributed by atoms with Crippen LogP contribution in [0.4, 0.5) is 0 Å². The summed E-state index contributed by atoms with van der Waals surface area (Å²) >= 11 is 19.3. The van der Waals surface area contributed by atoms with Crippen LogP contribution >= 0.6 is 34.8 Å². The molecule has 1 heterocycles. The summed E-state index contributed by atoms with van der Waals surface area (Å²) in [5, 5.41) is 5.37. The highest BCUT2D eigenvalue weighted by Gasteiger charge is 2.58. The molecule has 1 saturated heterocycles. The second-order valence-corrected chi connectivity index (χ2v) is 11.5. The highest BCUT2D eigenvalue weighted by atomic mass is 35.5. The normalized spacial score (nSPS) is 31.6. The minimum absolute atomic E-state index is 0.135. The minimum atomic E-state index is -0.485. The number of hydrogen-bond acceptors (Lipinski definition) is 2. The van der Waals surface area contributed by atoms with E-state index in [2.05, 4.69) is 56.1 Å². The second kappa shape index (κ2) is 10.0. The van der Waals surface area contributed by atoms with Crippen LogP contribution in [0.3, 0.4) is 0 Å². The Kier molecular flexibility index (Phi) is 7.60. The zero-order chi connectivity index (χ0) is 24.7. The van der Waals surface area contributed by atoms with Crippen LogP contribution in [0.15, 0.2) is 42.5 Å². The van der Waals surface area contributed by atoms with Gasteiger partial charge < -0.3 is 5.32 Å². The van der Waals surface area contributed by atoms with E-state index in [0.29, 0.717) is 10.0 Å². The molecule has 5 atom stereocenters. The Morgan fingerprint density at radius 2 is 1.62 bits per heavy atom. The SMILES string of the molecule is CCN(CC)[C@@]12CC[C@@H](c3ccc(Cl)cc3Cl)[C@](C)(c3ccc(Cl)cc3)CC[C@H]1[C@@H](C)NC2=O. The highest BCUT2D eigenvalue weighted by Crippen LogP contribution is 2.54. The van der Waals surface area contributed by atoms with Gasteiger partial charge >= 0.3 is 0 Å². The van der Waals surface area contributed by atoms with Gasteiger partial charge in [-0.15, -0.1) is 0 Å². The molecular formula is C28H35Cl3N2O. The van der Waals surface area contributed by atoms with Crippen LogP contribution in [0.1, 0.15) is 70.4 Å². The predicted molar refractivity (Wildman–Crippen MR) is 143 cm³/mol. The average molecular weight is 522 g/mol. The lowest BCUT2D eigenvalue weighted by molar-refractivity contribution is -0.133. The van der Waals surface area contributed by atoms with Gasteiger partial charge in [-0.2, -0.15) is 0 Å². The minimum Gasteiger partial charge on any atom is -0.352 e. The van der Waals surface area contributed by atoms with Crippen molar-refractivity contribution in [3.05, 3.63) is 68.7 Å². The first kappa shape index (κ1) is 25.8. The average Bonchev–Trinajstić information content (AvgIpc) is 3.02. The van der Waals surface area contributed by atoms with Crippen molar-refractivity contribution in [2.45, 2.75) is 76.3 Å². The van der Waals surface area contributed by atoms with E-state index >= 15 is 0 Å². The van der Waals surface area contributed by atoms with Gasteiger partial charge in [-0.05, 0) is 92.4 Å². The Morgan fingerprint density at radius 1 is 0.971 bits per heavy atom. The van der Waals surface area contributed by atoms with Gasteiger partial charge in [0, 0.05) is 27.0 Å². The molecule has 3 nitrogen and oxygen atoms in total. The lowest BCUT2D eigenvalue weighted by atomic mass is 9.59. The number of halogens is 3. The van der Waals surface area contributed by atoms with Gasteiger partial charge in [0.25, 0.3) is 0 Å². The van der Waals surface area contributed by atoms with E-state index in [1.807, 2.05) is 24.3 Å². The van der Waals surface area contributed by atoms with Crippen LogP contribution in [-0.4, -0.2) is 35.5 Å². The lowest BCUT2D eigenvalue weighted by Gasteiger charge is -2.49. The Morgan fingerprint density at radius 3 is 2.24 bits per heavy atom. The molecular weight excluding hydrogens is 487 g/mol. The number of carbonyl (C=O) groups is 1. The van der Waals surface area contributed by atoms with Crippen molar-refractivity contribution in [1.29, 1.82) is 0 Å². The Hall–Kier alpha value is -1.26. The molecule has 0 bridgehead atoms. The van der Waals surface area contributed by atoms with E-state index in [1.165, 1.54) is 5.56 Å². The van der Waals surface area contributed by atoms with Crippen LogP contribution in [0.5, 0.6) is 0 Å². The van der Waals surface area contributed by atoms with Crippen molar-refractivity contribution >= 4 is 40.7 Å². The Balaban J connectivity index is 1.86. The van der Waals surface area contributed by atoms with E-state index in [9.17, 15) is 4.79 Å². The van der Waals surface area contributed by atoms with E-state index in [0.717, 1.165) is 49.4 Å². The van der Waals surface area contributed by atoms with Crippen molar-refractivity contribution < 1.29 is 4.79 Å². The third kappa shape index (κ3) is 4.28. The maximum absolute atomic E-state index is 13.6. The number of benzene rings is 2. The molecule has 1 aliphatic carbocycles. The molecule has 1 N–H and O–H groups in total. The van der Waals surface area contributed by atoms with Crippen LogP contribution in [0.25, 0.3) is 0 Å². The number of nitrogens with one attached hydrogen (secondary N) is 1. The third-order valence-corrected chi connectivity index (χ3v) is 9.51. The van der Waals surface area contributed by atoms with Crippen LogP contribution < -0.4 is 5.32 Å². The molecule has 2 aromatic carbocycles. The molecule has 1 amide bonds. The zero-order valence-corrected chi connectivity index (χ0v) is 22.8. The molecule has 0 spiro atoms. The molecule has 0 aromatic heterocycles. The number of nitrogens with zero attached hydrogens (tertiary/aromatic N) is 1. The zero-order valence-electron chi connectivity index (χ0n) is 20.5. The van der Waals surface area contributed by atoms with E-state index < -0.39 is 5.54 Å². The maximum Gasteiger partial charge on any atom is 0.241 e. The first-order valence-electron chi connectivity index (χ1n) is 12.4. The topological polar surface area (TPSA) is 32.3 Å². The monoisotopic (exact) mass is 520 g/mol. The molecule has 0 radical (unpaired) electrons. The van der Waals surface area contributed by atoms with Gasteiger partial charge in [-0.3, -0.25) is 9.69 Å². The summed E-state index contributed by atoms with van der Waals surface area (Å²) in [7, 11) is 0. The molecule has 2 fully saturated rings. The molecule has 2 aromatic rings. The molecule has 34 heavy (non-hydrogen) atoms. The standard InChI is InChI=1S/C28H35Cl3N2O/c1-5-33(6-2)28-16-14-24(22-12-11-21(30)17-25(22)31)27(4,19-7-9-20(29)10-8-19)15-13-23(28)18(3)32-26(28)34/h7-12,17-18,23-24H,5-6,13-16H2,1-4H3,(H,32,34)/t18-,23+,24+,27+,28+/m1/s1. The first-order valence-corrected chi connectivity index (χ1v) is 13.6. The van der Waals surface area contributed by atoms with Crippen molar-refractivity contribution in [2.24, 2.45) is 5.92 Å². The molecule has 0 unspecified atom stereocenters. The molecule has 1 saturated carbocycles. The quantitative estimate of drug-likeness (QED) is 0.442. The summed E-state index contributed by atoms with van der Waals surface area (Å²) in [4.78, 5) is 16.0. The Bertz CT molecular complexity index is 1040. The van der Waals surface area contributed by atoms with Crippen molar-refractivity contribution in [2.75, 3.05) is 13.1 Å². The molecule has 4 rings (SSSR count). The summed E-state index contributed by atoms with van der Waals surface area (Å²) in [6.07, 6.45) is 3.55. The smallest absolute Gasteiger partial charge is 0.241 e. The molecule has 6 heteroatoms. The van der Waals surface area contributed by atoms with Crippen molar-refractivity contribution in [3.8, 4) is 0 Å². The number of hydrogen-bond donors (Lipinski definition) is 1. The lowest BCUT2D eigenvalue weighted by Crippen LogP contribution is -2.58. The van der Waals surface area contributed by atoms with Gasteiger partial charge in [0.05, 0.1) is 0 Å². The van der Waals surface area contributed by atoms with Crippen LogP contribution in [-0.2, 0) is 10.2 Å². The summed E-state index contributed by atoms with van der Waals surface area (Å²) in [5.74, 6) is 0.577. The number of carbonyl (C=O) groups excluding carboxylic acids is 1. The van der Waals surface area contributed by atoms with Gasteiger partial charge in [0.15, 0.2) is 0 Å². The van der Waals surface area contributed by atoms with Crippen LogP contribution in [0, 0.1) is 5.92 Å². The van der Waals surface area contributed by atoms with Gasteiger partial charge in [-0.25, -0.2) is 0 Å². The third-order valence-electron chi connectivity index (χ3n) is 8.70. The second-order valence-electron chi connectivity index (χ2n) is 10.2. The van der Waals surface area contributed by atoms with E-state index in [1.54, 1.807) is 0 Å². The largest absolute Gasteiger partial charge is 0.352 e. The molecule has 1 aliphatic heterocycles. The number of rotatable bonds is 5. The fourth-order valence-electron chi connectivity index (χ4n) is 6.90. The summed E-state index contributed by atoms with van der Waals surface area (Å²) < 4.78 is 0. The number of amides is 1. The number of likely N-dealkylation sites (N-methyl/N-ethyl adjacent to an activating group) is 1. The van der Waals surface area contributed by atoms with Gasteiger partial charge in [0.1, 0.15) is 5.54 Å². The summed E-state index contributed by atoms with van der Waals surface area (Å²) in [6.45, 7) is 10.6. The molecule has 2 aliphatic rings. The summed E-state index contributed by atoms with van der Waals surface area (Å²) in [5.41, 5.74) is 1.71. The van der Waals surface area contributed by atoms with Gasteiger partial charge in [-0.1, -0.05) is 73.8 Å². The Labute approximate surface area is 219 Å². The van der Waals surface area contributed by atoms with Crippen molar-refractivity contribution in [3.63, 3.8) is 0 Å². The first-order chi connectivity index (χ1) is 16.2. The summed E-state index contributed by atoms with van der Waals surface area (Å²) in [6, 6.07) is 14.3. The van der Waals surface area contributed by atoms with E-state index in [4.69, 9.17) is 34.8 Å². The van der Waals surface area contributed by atoms with Gasteiger partial charge in [0.2, 0.25) is 5.91 Å². The highest BCUT2D eigenvalue weighted by molar-refractivity contribution is 6.35. The maximum atomic E-state index is 13.6. The predicted octanol–water partition coefficient (Wildman–Crippen LogP) is 7.48. The molecule has 184 valence electrons. The van der Waals surface area contributed by atoms with Crippen LogP contribution in [0.2, 0.25) is 15.1 Å². The number of fused-ring (bicyclic) bond motifs is 1. The van der Waals surface area contributed by atoms with Crippen molar-refractivity contribution in [1.82, 2.24) is 10.2 Å². The fourth-order valence-corrected chi connectivity index (χ4v) is 7.56. The fraction of sp³-hybridized carbons (Fsp3) is 0.536. The van der Waals surface area contributed by atoms with E-state index in [-0.39, 0.29) is 29.2 Å².